The Hall–Kier alpha value is -5.55. The van der Waals surface area contributed by atoms with Crippen molar-refractivity contribution < 1.29 is 26.9 Å². The summed E-state index contributed by atoms with van der Waals surface area (Å²) in [7, 11) is -3.78. The molecule has 6 fully saturated rings. The maximum Gasteiger partial charge on any atom is 0.206 e. The molecule has 0 radical (unpaired) electrons. The number of aromatic nitrogens is 2. The van der Waals surface area contributed by atoms with Crippen molar-refractivity contribution in [1.82, 2.24) is 9.97 Å². The summed E-state index contributed by atoms with van der Waals surface area (Å²) in [6.07, 6.45) is 15.8. The van der Waals surface area contributed by atoms with Gasteiger partial charge in [-0.2, -0.15) is 0 Å². The number of fused-ring (bicyclic) bond motifs is 8. The average Bonchev–Trinajstić information content (AvgIpc) is 3.37. The maximum absolute atomic E-state index is 14.4. The van der Waals surface area contributed by atoms with Crippen molar-refractivity contribution >= 4 is 31.6 Å². The highest BCUT2D eigenvalue weighted by atomic mass is 32.2. The molecule has 4 aromatic carbocycles. The number of rotatable bonds is 18. The van der Waals surface area contributed by atoms with E-state index in [1.165, 1.54) is 0 Å². The molecule has 9 heteroatoms. The topological polar surface area (TPSA) is 78.4 Å². The van der Waals surface area contributed by atoms with Gasteiger partial charge in [0, 0.05) is 71.8 Å². The van der Waals surface area contributed by atoms with E-state index in [1.54, 1.807) is 24.3 Å². The summed E-state index contributed by atoms with van der Waals surface area (Å²) in [5, 5.41) is 2.23. The van der Waals surface area contributed by atoms with Crippen LogP contribution in [0.3, 0.4) is 0 Å². The fraction of sp³-hybridized carbons (Fsp3) is 0.345. The molecule has 6 aliphatic heterocycles. The van der Waals surface area contributed by atoms with Gasteiger partial charge in [0.1, 0.15) is 37.4 Å². The van der Waals surface area contributed by atoms with Gasteiger partial charge in [-0.15, -0.1) is 26.3 Å². The molecule has 2 aromatic heterocycles. The second kappa shape index (κ2) is 18.9. The molecule has 6 aromatic rings. The molecule has 8 heterocycles. The highest BCUT2D eigenvalue weighted by Crippen LogP contribution is 2.51. The average molecular weight is 913 g/mol. The first-order chi connectivity index (χ1) is 32.7. The highest BCUT2D eigenvalue weighted by molar-refractivity contribution is 7.91. The summed E-state index contributed by atoms with van der Waals surface area (Å²) in [6.45, 7) is 23.0. The van der Waals surface area contributed by atoms with Crippen molar-refractivity contribution in [2.75, 3.05) is 39.4 Å². The lowest BCUT2D eigenvalue weighted by Gasteiger charge is -2.58. The molecule has 0 aliphatic carbocycles. The van der Waals surface area contributed by atoms with Gasteiger partial charge in [-0.25, -0.2) is 8.42 Å². The molecule has 0 N–H and O–H groups in total. The fourth-order valence-electron chi connectivity index (χ4n) is 13.0. The largest absolute Gasteiger partial charge is 0.363 e. The van der Waals surface area contributed by atoms with Gasteiger partial charge in [0.15, 0.2) is 0 Å². The van der Waals surface area contributed by atoms with Crippen LogP contribution in [0, 0.1) is 23.7 Å². The van der Waals surface area contributed by atoms with Crippen LogP contribution in [0.5, 0.6) is 0 Å². The van der Waals surface area contributed by atoms with Crippen LogP contribution >= 0.6 is 0 Å². The van der Waals surface area contributed by atoms with Crippen molar-refractivity contribution in [3.63, 3.8) is 0 Å². The normalized spacial score (nSPS) is 27.6. The molecule has 12 rings (SSSR count). The van der Waals surface area contributed by atoms with Crippen LogP contribution in [-0.4, -0.2) is 78.8 Å². The Morgan fingerprint density at radius 3 is 1.40 bits per heavy atom. The Morgan fingerprint density at radius 2 is 1.00 bits per heavy atom. The minimum Gasteiger partial charge on any atom is -0.363 e. The lowest BCUT2D eigenvalue weighted by molar-refractivity contribution is -0.985. The predicted octanol–water partition coefficient (Wildman–Crippen LogP) is 11.3. The van der Waals surface area contributed by atoms with Gasteiger partial charge in [-0.3, -0.25) is 9.97 Å². The Bertz CT molecular complexity index is 2700. The van der Waals surface area contributed by atoms with Crippen molar-refractivity contribution in [2.45, 2.75) is 72.9 Å². The first-order valence-electron chi connectivity index (χ1n) is 24.2. The third-order valence-electron chi connectivity index (χ3n) is 16.3. The quantitative estimate of drug-likeness (QED) is 0.0631. The zero-order chi connectivity index (χ0) is 46.2. The Balaban J connectivity index is 0.908. The van der Waals surface area contributed by atoms with E-state index < -0.39 is 9.84 Å². The number of piperidine rings is 6. The second-order valence-corrected chi connectivity index (χ2v) is 21.7. The Morgan fingerprint density at radius 1 is 0.582 bits per heavy atom. The van der Waals surface area contributed by atoms with E-state index in [1.807, 2.05) is 60.9 Å². The van der Waals surface area contributed by atoms with Gasteiger partial charge in [-0.1, -0.05) is 85.0 Å². The molecule has 6 saturated heterocycles. The molecule has 0 unspecified atom stereocenters. The number of sulfone groups is 1. The van der Waals surface area contributed by atoms with Gasteiger partial charge in [0.25, 0.3) is 0 Å². The number of ether oxygens (including phenoxy) is 2. The molecule has 10 atom stereocenters. The van der Waals surface area contributed by atoms with Crippen LogP contribution in [0.25, 0.3) is 21.8 Å². The fourth-order valence-corrected chi connectivity index (χ4v) is 14.3. The van der Waals surface area contributed by atoms with E-state index in [0.717, 1.165) is 118 Å². The van der Waals surface area contributed by atoms with Gasteiger partial charge in [0.05, 0.1) is 60.2 Å². The van der Waals surface area contributed by atoms with E-state index in [0.29, 0.717) is 46.7 Å². The monoisotopic (exact) mass is 912 g/mol. The number of quaternary nitrogens is 2. The van der Waals surface area contributed by atoms with E-state index in [9.17, 15) is 8.42 Å². The molecular weight excluding hydrogens is 849 g/mol. The van der Waals surface area contributed by atoms with Gasteiger partial charge >= 0.3 is 0 Å². The molecular formula is C58H64N4O4S+2. The van der Waals surface area contributed by atoms with Crippen molar-refractivity contribution in [3.8, 4) is 0 Å². The summed E-state index contributed by atoms with van der Waals surface area (Å²) < 4.78 is 44.0. The number of pyridine rings is 2. The third kappa shape index (κ3) is 8.44. The number of hydrogen-bond acceptors (Lipinski definition) is 6. The molecule has 6 aliphatic rings. The lowest BCUT2D eigenvalue weighted by atomic mass is 9.71. The minimum atomic E-state index is -3.78. The van der Waals surface area contributed by atoms with E-state index >= 15 is 0 Å². The van der Waals surface area contributed by atoms with Crippen LogP contribution in [-0.2, 0) is 32.4 Å². The van der Waals surface area contributed by atoms with Gasteiger partial charge in [0.2, 0.25) is 9.84 Å². The van der Waals surface area contributed by atoms with E-state index in [-0.39, 0.29) is 24.3 Å². The lowest BCUT2D eigenvalue weighted by Crippen LogP contribution is -2.67. The van der Waals surface area contributed by atoms with Crippen molar-refractivity contribution in [3.05, 3.63) is 194 Å². The van der Waals surface area contributed by atoms with E-state index in [2.05, 4.69) is 97.0 Å². The van der Waals surface area contributed by atoms with Gasteiger partial charge < -0.3 is 18.4 Å². The number of nitrogens with zero attached hydrogens (tertiary/aromatic N) is 4. The van der Waals surface area contributed by atoms with Crippen LogP contribution < -0.4 is 0 Å². The second-order valence-electron chi connectivity index (χ2n) is 19.8. The third-order valence-corrected chi connectivity index (χ3v) is 18.1. The summed E-state index contributed by atoms with van der Waals surface area (Å²) in [6, 6.07) is 36.6. The van der Waals surface area contributed by atoms with Crippen LogP contribution in [0.1, 0.15) is 60.1 Å². The van der Waals surface area contributed by atoms with Crippen LogP contribution in [0.4, 0.5) is 0 Å². The zero-order valence-corrected chi connectivity index (χ0v) is 39.4. The summed E-state index contributed by atoms with van der Waals surface area (Å²) in [5.74, 6) is 1.92. The van der Waals surface area contributed by atoms with E-state index in [4.69, 9.17) is 9.47 Å². The Kier molecular flexibility index (Phi) is 12.7. The summed E-state index contributed by atoms with van der Waals surface area (Å²) in [4.78, 5) is 9.96. The highest BCUT2D eigenvalue weighted by Gasteiger charge is 2.56. The zero-order valence-electron chi connectivity index (χ0n) is 38.6. The Labute approximate surface area is 397 Å². The first kappa shape index (κ1) is 45.2. The molecule has 8 nitrogen and oxygen atoms in total. The number of hydrogen-bond donors (Lipinski definition) is 0. The smallest absolute Gasteiger partial charge is 0.206 e. The van der Waals surface area contributed by atoms with Crippen LogP contribution in [0.2, 0.25) is 0 Å². The van der Waals surface area contributed by atoms with Crippen LogP contribution in [0.15, 0.2) is 182 Å². The molecule has 344 valence electrons. The number of para-hydroxylation sites is 2. The van der Waals surface area contributed by atoms with Crippen molar-refractivity contribution in [2.24, 2.45) is 23.7 Å². The summed E-state index contributed by atoms with van der Waals surface area (Å²) in [5.41, 5.74) is 6.48. The SMILES string of the molecule is C=CCO[C@H](c1ccnc2ccccc12)[C@@H]1C[C@@H]2CC[N@@+]1(Cc1ccc(S(=O)(=O)c3ccc(C[N@@+]45CC[C@@H](C[C@H]4[C@H](OCC=C)c4ccnc6ccccc46)[C@@H](C=C)C5)cc3)cc1)C[C@@H]2C=C. The molecule has 4 bridgehead atoms. The molecule has 0 saturated carbocycles. The molecule has 67 heavy (non-hydrogen) atoms. The standard InChI is InChI=1S/C58H64N4O4S/c1-5-33-65-57(51-25-29-59-53-15-11-9-13-49(51)53)55-35-45-27-31-61(55,39-43(45)7-3)37-41-17-21-47(22-18-41)67(63,64)48-23-19-42(20-24-48)38-62-32-28-46(44(8-4)40-62)36-56(62)58(66-34-6-2)52-26-30-60-54-16-12-10-14-50(52)54/h5-26,29-30,43-46,55-58H,1-4,27-28,31-40H2/q+2/t43-,44-,45-,46-,55-,56-,57+,58+,61+,62+/m0/s1. The number of benzene rings is 4. The molecule has 0 amide bonds. The molecule has 0 spiro atoms. The summed E-state index contributed by atoms with van der Waals surface area (Å²) >= 11 is 0. The maximum atomic E-state index is 14.4. The van der Waals surface area contributed by atoms with Gasteiger partial charge in [-0.05, 0) is 71.5 Å². The minimum absolute atomic E-state index is 0.156. The first-order valence-corrected chi connectivity index (χ1v) is 25.7. The van der Waals surface area contributed by atoms with Crippen molar-refractivity contribution in [1.29, 1.82) is 0 Å². The predicted molar refractivity (Wildman–Crippen MR) is 267 cm³/mol.